The van der Waals surface area contributed by atoms with E-state index in [4.69, 9.17) is 0 Å². The molecule has 0 saturated carbocycles. The van der Waals surface area contributed by atoms with E-state index < -0.39 is 18.3 Å². The quantitative estimate of drug-likeness (QED) is 0.840. The number of hydrogen-bond donors (Lipinski definition) is 1. The normalized spacial score (nSPS) is 12.0. The number of rotatable bonds is 5. The molecule has 3 nitrogen and oxygen atoms in total. The van der Waals surface area contributed by atoms with Gasteiger partial charge in [-0.15, -0.1) is 0 Å². The van der Waals surface area contributed by atoms with Crippen LogP contribution < -0.4 is 5.32 Å². The molecule has 1 N–H and O–H groups in total. The molecule has 0 fully saturated rings. The molecule has 19 heavy (non-hydrogen) atoms. The predicted octanol–water partition coefficient (Wildman–Crippen LogP) is 2.59. The molecule has 1 amide bonds. The van der Waals surface area contributed by atoms with E-state index >= 15 is 0 Å². The Morgan fingerprint density at radius 3 is 2.42 bits per heavy atom. The van der Waals surface area contributed by atoms with Gasteiger partial charge in [-0.1, -0.05) is 18.2 Å². The minimum Gasteiger partial charge on any atom is -0.320 e. The number of anilines is 1. The lowest BCUT2D eigenvalue weighted by Crippen LogP contribution is -2.41. The molecule has 0 heterocycles. The van der Waals surface area contributed by atoms with Crippen LogP contribution in [0.5, 0.6) is 0 Å². The first-order chi connectivity index (χ1) is 8.75. The van der Waals surface area contributed by atoms with Gasteiger partial charge >= 0.3 is 18.3 Å². The van der Waals surface area contributed by atoms with Crippen molar-refractivity contribution in [2.75, 3.05) is 19.4 Å². The van der Waals surface area contributed by atoms with Gasteiger partial charge in [0.15, 0.2) is 0 Å². The Kier molecular flexibility index (Phi) is 4.88. The Bertz CT molecular complexity index is 449. The summed E-state index contributed by atoms with van der Waals surface area (Å²) in [6, 6.07) is 6.20. The standard InChI is InChI=1S/C12H14F4N2O/c1-18(2)7-8-5-3-4-6-9(8)17-11(19)12(15,16)10(13)14/h3-6,10H,7H2,1-2H3,(H,17,19). The van der Waals surface area contributed by atoms with Gasteiger partial charge in [-0.2, -0.15) is 8.78 Å². The molecule has 0 aliphatic heterocycles. The summed E-state index contributed by atoms with van der Waals surface area (Å²) >= 11 is 0. The van der Waals surface area contributed by atoms with Crippen LogP contribution in [0.4, 0.5) is 23.2 Å². The maximum Gasteiger partial charge on any atom is 0.383 e. The topological polar surface area (TPSA) is 32.3 Å². The number of halogens is 4. The summed E-state index contributed by atoms with van der Waals surface area (Å²) in [5.41, 5.74) is 0.660. The minimum absolute atomic E-state index is 0.0986. The summed E-state index contributed by atoms with van der Waals surface area (Å²) in [7, 11) is 3.51. The largest absolute Gasteiger partial charge is 0.383 e. The molecule has 1 aromatic carbocycles. The first-order valence-electron chi connectivity index (χ1n) is 5.45. The lowest BCUT2D eigenvalue weighted by atomic mass is 10.1. The fraction of sp³-hybridized carbons (Fsp3) is 0.417. The molecule has 0 unspecified atom stereocenters. The third-order valence-corrected chi connectivity index (χ3v) is 2.33. The maximum atomic E-state index is 12.8. The van der Waals surface area contributed by atoms with Crippen LogP contribution in [0.25, 0.3) is 0 Å². The number of nitrogens with one attached hydrogen (secondary N) is 1. The van der Waals surface area contributed by atoms with Gasteiger partial charge in [-0.05, 0) is 25.7 Å². The Labute approximate surface area is 108 Å². The second-order valence-corrected chi connectivity index (χ2v) is 4.27. The summed E-state index contributed by atoms with van der Waals surface area (Å²) in [6.07, 6.45) is -4.03. The van der Waals surface area contributed by atoms with E-state index in [9.17, 15) is 22.4 Å². The summed E-state index contributed by atoms with van der Waals surface area (Å²) in [5, 5.41) is 1.84. The van der Waals surface area contributed by atoms with Crippen molar-refractivity contribution in [3.63, 3.8) is 0 Å². The molecule has 7 heteroatoms. The number of nitrogens with zero attached hydrogens (tertiary/aromatic N) is 1. The second-order valence-electron chi connectivity index (χ2n) is 4.27. The van der Waals surface area contributed by atoms with Crippen molar-refractivity contribution in [1.82, 2.24) is 4.90 Å². The van der Waals surface area contributed by atoms with Crippen molar-refractivity contribution in [3.8, 4) is 0 Å². The van der Waals surface area contributed by atoms with Crippen LogP contribution in [0.3, 0.4) is 0 Å². The molecule has 0 spiro atoms. The van der Waals surface area contributed by atoms with Gasteiger partial charge in [0, 0.05) is 12.2 Å². The molecule has 1 rings (SSSR count). The number of para-hydroxylation sites is 1. The van der Waals surface area contributed by atoms with E-state index in [-0.39, 0.29) is 5.69 Å². The third kappa shape index (κ3) is 3.92. The van der Waals surface area contributed by atoms with E-state index in [1.54, 1.807) is 31.1 Å². The van der Waals surface area contributed by atoms with Crippen LogP contribution in [-0.2, 0) is 11.3 Å². The van der Waals surface area contributed by atoms with Crippen LogP contribution in [0.2, 0.25) is 0 Å². The zero-order valence-corrected chi connectivity index (χ0v) is 10.5. The number of carbonyl (C=O) groups excluding carboxylic acids is 1. The summed E-state index contributed by atoms with van der Waals surface area (Å²) in [5.74, 6) is -6.71. The van der Waals surface area contributed by atoms with Crippen molar-refractivity contribution in [2.45, 2.75) is 18.9 Å². The average molecular weight is 278 g/mol. The fourth-order valence-corrected chi connectivity index (χ4v) is 1.43. The van der Waals surface area contributed by atoms with Gasteiger partial charge in [0.05, 0.1) is 0 Å². The highest BCUT2D eigenvalue weighted by atomic mass is 19.3. The summed E-state index contributed by atoms with van der Waals surface area (Å²) < 4.78 is 49.8. The summed E-state index contributed by atoms with van der Waals surface area (Å²) in [6.45, 7) is 0.386. The van der Waals surface area contributed by atoms with E-state index in [0.29, 0.717) is 12.1 Å². The van der Waals surface area contributed by atoms with Crippen molar-refractivity contribution < 1.29 is 22.4 Å². The van der Waals surface area contributed by atoms with E-state index in [1.807, 2.05) is 5.32 Å². The van der Waals surface area contributed by atoms with Crippen molar-refractivity contribution >= 4 is 11.6 Å². The Hall–Kier alpha value is -1.63. The van der Waals surface area contributed by atoms with Crippen LogP contribution >= 0.6 is 0 Å². The van der Waals surface area contributed by atoms with Crippen LogP contribution in [0.15, 0.2) is 24.3 Å². The highest BCUT2D eigenvalue weighted by Crippen LogP contribution is 2.26. The monoisotopic (exact) mass is 278 g/mol. The molecule has 0 aromatic heterocycles. The highest BCUT2D eigenvalue weighted by Gasteiger charge is 2.49. The Morgan fingerprint density at radius 1 is 1.32 bits per heavy atom. The molecule has 0 saturated heterocycles. The molecule has 0 atom stereocenters. The lowest BCUT2D eigenvalue weighted by Gasteiger charge is -2.18. The summed E-state index contributed by atoms with van der Waals surface area (Å²) in [4.78, 5) is 12.9. The smallest absolute Gasteiger partial charge is 0.320 e. The Balaban J connectivity index is 2.91. The average Bonchev–Trinajstić information content (AvgIpc) is 2.30. The van der Waals surface area contributed by atoms with E-state index in [0.717, 1.165) is 0 Å². The van der Waals surface area contributed by atoms with Gasteiger partial charge in [0.1, 0.15) is 0 Å². The number of alkyl halides is 4. The molecule has 0 aliphatic rings. The molecule has 1 aromatic rings. The van der Waals surface area contributed by atoms with Gasteiger partial charge < -0.3 is 10.2 Å². The molecule has 0 aliphatic carbocycles. The van der Waals surface area contributed by atoms with Crippen LogP contribution in [0.1, 0.15) is 5.56 Å². The van der Waals surface area contributed by atoms with E-state index in [1.165, 1.54) is 12.1 Å². The highest BCUT2D eigenvalue weighted by molar-refractivity contribution is 5.97. The first-order valence-corrected chi connectivity index (χ1v) is 5.45. The fourth-order valence-electron chi connectivity index (χ4n) is 1.43. The zero-order chi connectivity index (χ0) is 14.6. The van der Waals surface area contributed by atoms with Crippen molar-refractivity contribution in [2.24, 2.45) is 0 Å². The first kappa shape index (κ1) is 15.4. The predicted molar refractivity (Wildman–Crippen MR) is 63.4 cm³/mol. The SMILES string of the molecule is CN(C)Cc1ccccc1NC(=O)C(F)(F)C(F)F. The van der Waals surface area contributed by atoms with Crippen LogP contribution in [-0.4, -0.2) is 37.3 Å². The molecule has 0 bridgehead atoms. The van der Waals surface area contributed by atoms with Gasteiger partial charge in [-0.25, -0.2) is 8.78 Å². The lowest BCUT2D eigenvalue weighted by molar-refractivity contribution is -0.163. The Morgan fingerprint density at radius 2 is 1.89 bits per heavy atom. The van der Waals surface area contributed by atoms with Gasteiger partial charge in [0.2, 0.25) is 0 Å². The van der Waals surface area contributed by atoms with Crippen LogP contribution in [0, 0.1) is 0 Å². The van der Waals surface area contributed by atoms with Gasteiger partial charge in [-0.3, -0.25) is 4.79 Å². The maximum absolute atomic E-state index is 12.8. The number of benzene rings is 1. The molecule has 0 radical (unpaired) electrons. The van der Waals surface area contributed by atoms with Crippen molar-refractivity contribution in [3.05, 3.63) is 29.8 Å². The van der Waals surface area contributed by atoms with Gasteiger partial charge in [0.25, 0.3) is 0 Å². The number of amides is 1. The molecular weight excluding hydrogens is 264 g/mol. The molecule has 106 valence electrons. The second kappa shape index (κ2) is 6.01. The molecular formula is C12H14F4N2O. The van der Waals surface area contributed by atoms with Crippen molar-refractivity contribution in [1.29, 1.82) is 0 Å². The zero-order valence-electron chi connectivity index (χ0n) is 10.5. The third-order valence-electron chi connectivity index (χ3n) is 2.33. The number of carbonyl (C=O) groups is 1. The minimum atomic E-state index is -4.70. The van der Waals surface area contributed by atoms with E-state index in [2.05, 4.69) is 0 Å². The number of hydrogen-bond acceptors (Lipinski definition) is 2.